The summed E-state index contributed by atoms with van der Waals surface area (Å²) in [7, 11) is 1.68. The van der Waals surface area contributed by atoms with Gasteiger partial charge in [0.05, 0.1) is 20.3 Å². The first-order valence-corrected chi connectivity index (χ1v) is 11.9. The van der Waals surface area contributed by atoms with Crippen molar-refractivity contribution in [1.82, 2.24) is 0 Å². The lowest BCUT2D eigenvalue weighted by atomic mass is 10.1. The third-order valence-corrected chi connectivity index (χ3v) is 5.50. The molecule has 32 heavy (non-hydrogen) atoms. The van der Waals surface area contributed by atoms with Crippen LogP contribution in [-0.4, -0.2) is 26.3 Å². The van der Waals surface area contributed by atoms with Crippen LogP contribution in [-0.2, 0) is 9.53 Å². The molecule has 0 N–H and O–H groups in total. The van der Waals surface area contributed by atoms with Crippen molar-refractivity contribution in [3.8, 4) is 22.6 Å². The molecule has 0 saturated carbocycles. The maximum absolute atomic E-state index is 10.9. The van der Waals surface area contributed by atoms with Gasteiger partial charge in [0, 0.05) is 6.08 Å². The maximum Gasteiger partial charge on any atom is 0.330 e. The van der Waals surface area contributed by atoms with Gasteiger partial charge in [-0.1, -0.05) is 82.2 Å². The minimum Gasteiger partial charge on any atom is -0.497 e. The standard InChI is InChI=1S/C28H38O4/c1-3-28(29)32-23-13-11-9-7-5-4-6-8-10-12-22-31-27-20-16-25(17-21-27)24-14-18-26(30-2)19-15-24/h3,14-21H,1,4-13,22-23H2,2H3. The molecule has 0 fully saturated rings. The molecule has 0 bridgehead atoms. The van der Waals surface area contributed by atoms with E-state index < -0.39 is 0 Å². The lowest BCUT2D eigenvalue weighted by Crippen LogP contribution is -2.01. The van der Waals surface area contributed by atoms with Crippen molar-refractivity contribution in [2.45, 2.75) is 64.2 Å². The second-order valence-corrected chi connectivity index (χ2v) is 8.01. The fourth-order valence-corrected chi connectivity index (χ4v) is 3.57. The zero-order valence-corrected chi connectivity index (χ0v) is 19.5. The molecule has 0 amide bonds. The number of ether oxygens (including phenoxy) is 3. The first-order chi connectivity index (χ1) is 15.7. The van der Waals surface area contributed by atoms with Gasteiger partial charge in [0.15, 0.2) is 0 Å². The van der Waals surface area contributed by atoms with E-state index >= 15 is 0 Å². The second-order valence-electron chi connectivity index (χ2n) is 8.01. The van der Waals surface area contributed by atoms with Crippen molar-refractivity contribution in [3.63, 3.8) is 0 Å². The highest BCUT2D eigenvalue weighted by Crippen LogP contribution is 2.24. The van der Waals surface area contributed by atoms with Crippen LogP contribution in [0.1, 0.15) is 64.2 Å². The molecule has 2 aromatic carbocycles. The molecule has 0 aromatic heterocycles. The minimum atomic E-state index is -0.321. The van der Waals surface area contributed by atoms with Gasteiger partial charge in [-0.25, -0.2) is 4.79 Å². The monoisotopic (exact) mass is 438 g/mol. The fourth-order valence-electron chi connectivity index (χ4n) is 3.57. The van der Waals surface area contributed by atoms with E-state index in [1.54, 1.807) is 7.11 Å². The molecule has 0 aliphatic rings. The molecule has 4 heteroatoms. The Morgan fingerprint density at radius 3 is 1.59 bits per heavy atom. The lowest BCUT2D eigenvalue weighted by molar-refractivity contribution is -0.137. The highest BCUT2D eigenvalue weighted by Gasteiger charge is 2.00. The quantitative estimate of drug-likeness (QED) is 0.147. The van der Waals surface area contributed by atoms with E-state index in [1.165, 1.54) is 62.1 Å². The van der Waals surface area contributed by atoms with Crippen LogP contribution >= 0.6 is 0 Å². The molecule has 4 nitrogen and oxygen atoms in total. The van der Waals surface area contributed by atoms with Gasteiger partial charge in [0.1, 0.15) is 11.5 Å². The molecule has 2 aromatic rings. The number of methoxy groups -OCH3 is 1. The second kappa shape index (κ2) is 16.0. The number of hydrogen-bond donors (Lipinski definition) is 0. The predicted octanol–water partition coefficient (Wildman–Crippen LogP) is 7.37. The number of rotatable bonds is 17. The smallest absolute Gasteiger partial charge is 0.330 e. The van der Waals surface area contributed by atoms with Crippen molar-refractivity contribution in [2.75, 3.05) is 20.3 Å². The maximum atomic E-state index is 10.9. The fraction of sp³-hybridized carbons (Fsp3) is 0.464. The predicted molar refractivity (Wildman–Crippen MR) is 131 cm³/mol. The summed E-state index contributed by atoms with van der Waals surface area (Å²) in [5.74, 6) is 1.48. The number of carbonyl (C=O) groups is 1. The van der Waals surface area contributed by atoms with E-state index in [9.17, 15) is 4.79 Å². The number of benzene rings is 2. The Morgan fingerprint density at radius 2 is 1.12 bits per heavy atom. The minimum absolute atomic E-state index is 0.321. The third kappa shape index (κ3) is 10.5. The Labute approximate surface area is 193 Å². The number of carbonyl (C=O) groups excluding carboxylic acids is 1. The summed E-state index contributed by atoms with van der Waals surface area (Å²) in [6.07, 6.45) is 13.3. The summed E-state index contributed by atoms with van der Waals surface area (Å²) < 4.78 is 16.1. The average Bonchev–Trinajstić information content (AvgIpc) is 2.84. The van der Waals surface area contributed by atoms with E-state index in [4.69, 9.17) is 14.2 Å². The summed E-state index contributed by atoms with van der Waals surface area (Å²) in [5, 5.41) is 0. The summed E-state index contributed by atoms with van der Waals surface area (Å²) in [6.45, 7) is 4.68. The Bertz CT molecular complexity index is 765. The highest BCUT2D eigenvalue weighted by molar-refractivity contribution is 5.81. The van der Waals surface area contributed by atoms with Gasteiger partial charge in [0.2, 0.25) is 0 Å². The topological polar surface area (TPSA) is 44.8 Å². The Balaban J connectivity index is 1.43. The van der Waals surface area contributed by atoms with E-state index in [-0.39, 0.29) is 5.97 Å². The van der Waals surface area contributed by atoms with E-state index in [0.29, 0.717) is 6.61 Å². The van der Waals surface area contributed by atoms with Crippen molar-refractivity contribution in [3.05, 3.63) is 61.2 Å². The van der Waals surface area contributed by atoms with Crippen LogP contribution in [0.5, 0.6) is 11.5 Å². The van der Waals surface area contributed by atoms with Gasteiger partial charge in [-0.15, -0.1) is 0 Å². The number of unbranched alkanes of at least 4 members (excludes halogenated alkanes) is 9. The van der Waals surface area contributed by atoms with Gasteiger partial charge in [-0.2, -0.15) is 0 Å². The van der Waals surface area contributed by atoms with E-state index in [0.717, 1.165) is 37.4 Å². The van der Waals surface area contributed by atoms with Gasteiger partial charge >= 0.3 is 5.97 Å². The summed E-state index contributed by atoms with van der Waals surface area (Å²) in [6, 6.07) is 16.4. The lowest BCUT2D eigenvalue weighted by Gasteiger charge is -2.08. The molecule has 0 aliphatic heterocycles. The molecule has 0 atom stereocenters. The molecule has 174 valence electrons. The van der Waals surface area contributed by atoms with Crippen LogP contribution in [0.25, 0.3) is 11.1 Å². The van der Waals surface area contributed by atoms with Crippen LogP contribution in [0.4, 0.5) is 0 Å². The summed E-state index contributed by atoms with van der Waals surface area (Å²) >= 11 is 0. The number of esters is 1. The van der Waals surface area contributed by atoms with Gasteiger partial charge in [0.25, 0.3) is 0 Å². The molecule has 0 aliphatic carbocycles. The average molecular weight is 439 g/mol. The van der Waals surface area contributed by atoms with Gasteiger partial charge in [-0.05, 0) is 48.2 Å². The van der Waals surface area contributed by atoms with Crippen LogP contribution in [0.2, 0.25) is 0 Å². The molecular weight excluding hydrogens is 400 g/mol. The van der Waals surface area contributed by atoms with Crippen LogP contribution in [0.15, 0.2) is 61.2 Å². The molecule has 0 saturated heterocycles. The molecule has 0 spiro atoms. The van der Waals surface area contributed by atoms with Crippen molar-refractivity contribution < 1.29 is 19.0 Å². The molecular formula is C28H38O4. The van der Waals surface area contributed by atoms with Crippen LogP contribution in [0.3, 0.4) is 0 Å². The summed E-state index contributed by atoms with van der Waals surface area (Å²) in [4.78, 5) is 10.9. The number of hydrogen-bond acceptors (Lipinski definition) is 4. The molecule has 0 heterocycles. The molecule has 2 rings (SSSR count). The Kier molecular flexibility index (Phi) is 12.7. The Hall–Kier alpha value is -2.75. The largest absolute Gasteiger partial charge is 0.497 e. The van der Waals surface area contributed by atoms with Gasteiger partial charge in [-0.3, -0.25) is 0 Å². The van der Waals surface area contributed by atoms with Crippen LogP contribution in [0, 0.1) is 0 Å². The third-order valence-electron chi connectivity index (χ3n) is 5.50. The van der Waals surface area contributed by atoms with E-state index in [1.807, 2.05) is 24.3 Å². The first kappa shape index (κ1) is 25.5. The van der Waals surface area contributed by atoms with Crippen molar-refractivity contribution in [2.24, 2.45) is 0 Å². The highest BCUT2D eigenvalue weighted by atomic mass is 16.5. The van der Waals surface area contributed by atoms with Crippen molar-refractivity contribution in [1.29, 1.82) is 0 Å². The molecule has 0 unspecified atom stereocenters. The van der Waals surface area contributed by atoms with E-state index in [2.05, 4.69) is 30.8 Å². The Morgan fingerprint density at radius 1 is 0.688 bits per heavy atom. The van der Waals surface area contributed by atoms with Crippen molar-refractivity contribution >= 4 is 5.97 Å². The molecule has 0 radical (unpaired) electrons. The zero-order chi connectivity index (χ0) is 22.9. The van der Waals surface area contributed by atoms with Crippen LogP contribution < -0.4 is 9.47 Å². The van der Waals surface area contributed by atoms with Gasteiger partial charge < -0.3 is 14.2 Å². The SMILES string of the molecule is C=CC(=O)OCCCCCCCCCCCCOc1ccc(-c2ccc(OC)cc2)cc1. The summed E-state index contributed by atoms with van der Waals surface area (Å²) in [5.41, 5.74) is 2.35. The zero-order valence-electron chi connectivity index (χ0n) is 19.5. The first-order valence-electron chi connectivity index (χ1n) is 11.9. The normalized spacial score (nSPS) is 10.5.